The van der Waals surface area contributed by atoms with Crippen LogP contribution in [0.25, 0.3) is 11.1 Å². The van der Waals surface area contributed by atoms with Crippen LogP contribution >= 0.6 is 0 Å². The van der Waals surface area contributed by atoms with Crippen LogP contribution in [-0.2, 0) is 23.1 Å². The normalized spacial score (nSPS) is 10.8. The van der Waals surface area contributed by atoms with E-state index in [-0.39, 0.29) is 16.9 Å². The fraction of sp³-hybridized carbons (Fsp3) is 0.364. The van der Waals surface area contributed by atoms with Gasteiger partial charge < -0.3 is 10.0 Å². The van der Waals surface area contributed by atoms with Crippen LogP contribution < -0.4 is 0 Å². The van der Waals surface area contributed by atoms with Crippen molar-refractivity contribution in [2.24, 2.45) is 0 Å². The Morgan fingerprint density at radius 2 is 1.50 bits per heavy atom. The van der Waals surface area contributed by atoms with Gasteiger partial charge in [-0.2, -0.15) is 0 Å². The molecule has 0 saturated carbocycles. The van der Waals surface area contributed by atoms with Crippen molar-refractivity contribution in [3.05, 3.63) is 95.1 Å². The number of carboxylic acid groups (broad SMARTS) is 1. The minimum Gasteiger partial charge on any atom is -0.478 e. The Kier molecular flexibility index (Phi) is 11.5. The van der Waals surface area contributed by atoms with E-state index in [1.54, 1.807) is 12.1 Å². The van der Waals surface area contributed by atoms with Crippen molar-refractivity contribution in [2.75, 3.05) is 6.54 Å². The van der Waals surface area contributed by atoms with Gasteiger partial charge in [-0.25, -0.2) is 4.79 Å². The first-order valence-electron chi connectivity index (χ1n) is 13.3. The quantitative estimate of drug-likeness (QED) is 0.238. The van der Waals surface area contributed by atoms with Gasteiger partial charge in [-0.05, 0) is 71.6 Å². The van der Waals surface area contributed by atoms with Crippen LogP contribution in [0.5, 0.6) is 0 Å². The number of rotatable bonds is 8. The van der Waals surface area contributed by atoms with Gasteiger partial charge in [0.25, 0.3) is 0 Å². The Bertz CT molecular complexity index is 1210. The van der Waals surface area contributed by atoms with Gasteiger partial charge in [-0.1, -0.05) is 88.4 Å². The van der Waals surface area contributed by atoms with Gasteiger partial charge in [0.05, 0.1) is 5.56 Å². The number of aromatic carboxylic acids is 1. The van der Waals surface area contributed by atoms with Crippen LogP contribution in [0.4, 0.5) is 0 Å². The Morgan fingerprint density at radius 1 is 0.868 bits per heavy atom. The van der Waals surface area contributed by atoms with Crippen LogP contribution in [0.3, 0.4) is 0 Å². The summed E-state index contributed by atoms with van der Waals surface area (Å²) in [6.07, 6.45) is 3.30. The number of carbonyl (C=O) groups is 2. The molecule has 0 unspecified atom stereocenters. The summed E-state index contributed by atoms with van der Waals surface area (Å²) in [5, 5.41) is 17.0. The fourth-order valence-electron chi connectivity index (χ4n) is 4.15. The van der Waals surface area contributed by atoms with E-state index in [2.05, 4.69) is 58.0 Å². The summed E-state index contributed by atoms with van der Waals surface area (Å²) >= 11 is 0. The second-order valence-electron chi connectivity index (χ2n) is 10.4. The summed E-state index contributed by atoms with van der Waals surface area (Å²) in [6.45, 7) is 12.8. The molecule has 0 saturated heterocycles. The lowest BCUT2D eigenvalue weighted by Crippen LogP contribution is -2.34. The molecule has 3 rings (SSSR count). The molecule has 0 aliphatic heterocycles. The van der Waals surface area contributed by atoms with Crippen molar-refractivity contribution in [1.29, 1.82) is 5.41 Å². The van der Waals surface area contributed by atoms with Crippen LogP contribution in [0.1, 0.15) is 81.4 Å². The summed E-state index contributed by atoms with van der Waals surface area (Å²) in [4.78, 5) is 23.9. The Labute approximate surface area is 228 Å². The van der Waals surface area contributed by atoms with Gasteiger partial charge in [0.15, 0.2) is 0 Å². The average Bonchev–Trinajstić information content (AvgIpc) is 2.89. The predicted octanol–water partition coefficient (Wildman–Crippen LogP) is 7.77. The predicted molar refractivity (Wildman–Crippen MR) is 157 cm³/mol. The van der Waals surface area contributed by atoms with Crippen molar-refractivity contribution >= 4 is 17.7 Å². The summed E-state index contributed by atoms with van der Waals surface area (Å²) < 4.78 is 0. The van der Waals surface area contributed by atoms with E-state index in [4.69, 9.17) is 10.5 Å². The zero-order chi connectivity index (χ0) is 28.3. The second kappa shape index (κ2) is 14.3. The van der Waals surface area contributed by atoms with Crippen molar-refractivity contribution in [1.82, 2.24) is 4.90 Å². The number of nitrogens with one attached hydrogen (secondary N) is 1. The molecule has 0 spiro atoms. The van der Waals surface area contributed by atoms with Crippen molar-refractivity contribution in [2.45, 2.75) is 72.6 Å². The summed E-state index contributed by atoms with van der Waals surface area (Å²) in [7, 11) is 0. The largest absolute Gasteiger partial charge is 0.478 e. The number of hydrogen-bond donors (Lipinski definition) is 2. The molecule has 0 heterocycles. The molecule has 1 amide bonds. The molecule has 0 aliphatic rings. The van der Waals surface area contributed by atoms with E-state index in [9.17, 15) is 9.59 Å². The lowest BCUT2D eigenvalue weighted by Gasteiger charge is -2.19. The molecular weight excluding hydrogens is 472 g/mol. The van der Waals surface area contributed by atoms with Gasteiger partial charge in [0.1, 0.15) is 5.84 Å². The van der Waals surface area contributed by atoms with E-state index < -0.39 is 5.97 Å². The SMILES string of the molecule is CCN(C(=N)CCCc1cccc(-c2ccc(C(=O)O)cc2)c1)C(C)=O.CCc1ccc(C(C)(C)C)cc1. The van der Waals surface area contributed by atoms with Crippen molar-refractivity contribution in [3.8, 4) is 11.1 Å². The van der Waals surface area contributed by atoms with Crippen molar-refractivity contribution < 1.29 is 14.7 Å². The van der Waals surface area contributed by atoms with E-state index in [0.29, 0.717) is 18.8 Å². The number of nitrogens with zero attached hydrogens (tertiary/aromatic N) is 1. The van der Waals surface area contributed by atoms with E-state index >= 15 is 0 Å². The van der Waals surface area contributed by atoms with Crippen LogP contribution in [0, 0.1) is 5.41 Å². The average molecular weight is 515 g/mol. The molecular formula is C33H42N2O3. The lowest BCUT2D eigenvalue weighted by atomic mass is 9.86. The van der Waals surface area contributed by atoms with E-state index in [1.165, 1.54) is 23.0 Å². The first-order valence-corrected chi connectivity index (χ1v) is 13.3. The molecule has 5 nitrogen and oxygen atoms in total. The Balaban J connectivity index is 0.000000352. The zero-order valence-corrected chi connectivity index (χ0v) is 23.7. The fourth-order valence-corrected chi connectivity index (χ4v) is 4.15. The van der Waals surface area contributed by atoms with Crippen LogP contribution in [0.15, 0.2) is 72.8 Å². The molecule has 3 aromatic carbocycles. The molecule has 2 N–H and O–H groups in total. The second-order valence-corrected chi connectivity index (χ2v) is 10.4. The number of benzene rings is 3. The summed E-state index contributed by atoms with van der Waals surface area (Å²) in [6, 6.07) is 23.8. The third-order valence-electron chi connectivity index (χ3n) is 6.52. The molecule has 0 aromatic heterocycles. The zero-order valence-electron chi connectivity index (χ0n) is 23.7. The number of carbonyl (C=O) groups excluding carboxylic acids is 1. The third-order valence-corrected chi connectivity index (χ3v) is 6.52. The van der Waals surface area contributed by atoms with Crippen LogP contribution in [-0.4, -0.2) is 34.3 Å². The van der Waals surface area contributed by atoms with E-state index in [1.807, 2.05) is 37.3 Å². The number of aryl methyl sites for hydroxylation is 2. The number of hydrogen-bond acceptors (Lipinski definition) is 3. The number of carboxylic acids is 1. The Hall–Kier alpha value is -3.73. The molecule has 38 heavy (non-hydrogen) atoms. The van der Waals surface area contributed by atoms with Gasteiger partial charge in [0.2, 0.25) is 5.91 Å². The van der Waals surface area contributed by atoms with Crippen LogP contribution in [0.2, 0.25) is 0 Å². The highest BCUT2D eigenvalue weighted by Crippen LogP contribution is 2.23. The maximum Gasteiger partial charge on any atom is 0.335 e. The lowest BCUT2D eigenvalue weighted by molar-refractivity contribution is -0.125. The smallest absolute Gasteiger partial charge is 0.335 e. The molecule has 0 fully saturated rings. The van der Waals surface area contributed by atoms with Gasteiger partial charge in [0, 0.05) is 19.9 Å². The standard InChI is InChI=1S/C21H24N2O3.C12H18/c1-3-23(15(2)24)20(22)9-5-7-16-6-4-8-19(14-16)17-10-12-18(13-11-17)21(25)26;1-5-10-6-8-11(9-7-10)12(2,3)4/h4,6,8,10-14,22H,3,5,7,9H2,1-2H3,(H,25,26);6-9H,5H2,1-4H3. The number of amides is 1. The van der Waals surface area contributed by atoms with E-state index in [0.717, 1.165) is 36.0 Å². The first kappa shape index (κ1) is 30.5. The molecule has 0 radical (unpaired) electrons. The van der Waals surface area contributed by atoms with Gasteiger partial charge in [-0.15, -0.1) is 0 Å². The number of amidine groups is 1. The van der Waals surface area contributed by atoms with Crippen molar-refractivity contribution in [3.63, 3.8) is 0 Å². The van der Waals surface area contributed by atoms with Gasteiger partial charge in [-0.3, -0.25) is 10.2 Å². The first-order chi connectivity index (χ1) is 18.0. The highest BCUT2D eigenvalue weighted by Gasteiger charge is 2.13. The molecule has 3 aromatic rings. The topological polar surface area (TPSA) is 81.5 Å². The minimum atomic E-state index is -0.931. The maximum absolute atomic E-state index is 11.5. The summed E-state index contributed by atoms with van der Waals surface area (Å²) in [5.41, 5.74) is 6.55. The summed E-state index contributed by atoms with van der Waals surface area (Å²) in [5.74, 6) is -0.663. The highest BCUT2D eigenvalue weighted by molar-refractivity contribution is 5.95. The van der Waals surface area contributed by atoms with Gasteiger partial charge >= 0.3 is 5.97 Å². The molecule has 0 aliphatic carbocycles. The molecule has 0 bridgehead atoms. The minimum absolute atomic E-state index is 0.0932. The molecule has 5 heteroatoms. The maximum atomic E-state index is 11.5. The third kappa shape index (κ3) is 9.29. The monoisotopic (exact) mass is 514 g/mol. The molecule has 202 valence electrons. The highest BCUT2D eigenvalue weighted by atomic mass is 16.4. The Morgan fingerprint density at radius 3 is 2.00 bits per heavy atom. The molecule has 0 atom stereocenters.